The molecule has 0 radical (unpaired) electrons. The molecule has 2 rings (SSSR count). The Morgan fingerprint density at radius 1 is 1.24 bits per heavy atom. The van der Waals surface area contributed by atoms with E-state index in [1.165, 1.54) is 6.33 Å². The molecule has 6 nitrogen and oxygen atoms in total. The Morgan fingerprint density at radius 2 is 1.95 bits per heavy atom. The lowest BCUT2D eigenvalue weighted by Crippen LogP contribution is -2.16. The first-order valence-electron chi connectivity index (χ1n) is 6.00. The number of aromatic nitrogens is 2. The van der Waals surface area contributed by atoms with Gasteiger partial charge >= 0.3 is 0 Å². The summed E-state index contributed by atoms with van der Waals surface area (Å²) in [5.41, 5.74) is 6.21. The maximum Gasteiger partial charge on any atom is 0.228 e. The van der Waals surface area contributed by atoms with Crippen LogP contribution in [0.3, 0.4) is 0 Å². The van der Waals surface area contributed by atoms with Crippen molar-refractivity contribution >= 4 is 40.6 Å². The van der Waals surface area contributed by atoms with Crippen LogP contribution in [0.25, 0.3) is 0 Å². The lowest BCUT2D eigenvalue weighted by atomic mass is 10.3. The van der Waals surface area contributed by atoms with E-state index in [1.54, 1.807) is 24.3 Å². The van der Waals surface area contributed by atoms with E-state index in [2.05, 4.69) is 15.3 Å². The molecule has 1 heterocycles. The molecule has 0 saturated carbocycles. The van der Waals surface area contributed by atoms with Crippen LogP contribution >= 0.6 is 23.2 Å². The summed E-state index contributed by atoms with van der Waals surface area (Å²) in [7, 11) is 0. The molecule has 8 heteroatoms. The zero-order valence-electron chi connectivity index (χ0n) is 10.8. The molecule has 1 aromatic heterocycles. The molecule has 0 unspecified atom stereocenters. The normalized spacial score (nSPS) is 10.2. The van der Waals surface area contributed by atoms with Gasteiger partial charge in [-0.2, -0.15) is 0 Å². The molecule has 0 saturated heterocycles. The number of amides is 1. The van der Waals surface area contributed by atoms with Gasteiger partial charge in [0.15, 0.2) is 11.0 Å². The zero-order chi connectivity index (χ0) is 15.2. The molecule has 1 amide bonds. The molecule has 3 N–H and O–H groups in total. The van der Waals surface area contributed by atoms with Crippen molar-refractivity contribution in [2.75, 3.05) is 17.7 Å². The summed E-state index contributed by atoms with van der Waals surface area (Å²) in [5, 5.41) is 2.73. The quantitative estimate of drug-likeness (QED) is 0.651. The van der Waals surface area contributed by atoms with E-state index < -0.39 is 0 Å². The monoisotopic (exact) mass is 326 g/mol. The van der Waals surface area contributed by atoms with Crippen LogP contribution in [0.5, 0.6) is 5.75 Å². The maximum atomic E-state index is 11.7. The number of nitrogens with two attached hydrogens (primary N) is 1. The second-order valence-corrected chi connectivity index (χ2v) is 4.78. The van der Waals surface area contributed by atoms with Crippen LogP contribution in [0.1, 0.15) is 6.42 Å². The third kappa shape index (κ3) is 4.47. The zero-order valence-corrected chi connectivity index (χ0v) is 12.4. The second-order valence-electron chi connectivity index (χ2n) is 4.04. The number of nitrogen functional groups attached to an aromatic ring is 1. The van der Waals surface area contributed by atoms with E-state index in [0.29, 0.717) is 11.4 Å². The Kier molecular flexibility index (Phi) is 5.19. The number of hydrogen-bond donors (Lipinski definition) is 2. The molecule has 0 aliphatic rings. The largest absolute Gasteiger partial charge is 0.493 e. The van der Waals surface area contributed by atoms with Crippen molar-refractivity contribution < 1.29 is 9.53 Å². The molecule has 110 valence electrons. The summed E-state index contributed by atoms with van der Waals surface area (Å²) >= 11 is 11.6. The molecule has 2 aromatic rings. The van der Waals surface area contributed by atoms with Crippen LogP contribution in [0.4, 0.5) is 11.5 Å². The third-order valence-electron chi connectivity index (χ3n) is 2.48. The van der Waals surface area contributed by atoms with Gasteiger partial charge in [0, 0.05) is 5.69 Å². The lowest BCUT2D eigenvalue weighted by Gasteiger charge is -2.08. The Bertz CT molecular complexity index is 635. The van der Waals surface area contributed by atoms with Gasteiger partial charge in [-0.3, -0.25) is 4.79 Å². The van der Waals surface area contributed by atoms with Crippen LogP contribution < -0.4 is 15.8 Å². The van der Waals surface area contributed by atoms with Gasteiger partial charge in [-0.1, -0.05) is 23.2 Å². The number of ether oxygens (including phenoxy) is 1. The number of carbonyl (C=O) groups excluding carboxylic acids is 1. The average Bonchev–Trinajstić information content (AvgIpc) is 2.46. The van der Waals surface area contributed by atoms with Gasteiger partial charge in [0.25, 0.3) is 0 Å². The van der Waals surface area contributed by atoms with E-state index >= 15 is 0 Å². The Hall–Kier alpha value is -2.05. The topological polar surface area (TPSA) is 90.1 Å². The highest BCUT2D eigenvalue weighted by molar-refractivity contribution is 6.42. The van der Waals surface area contributed by atoms with E-state index in [9.17, 15) is 4.79 Å². The Labute approximate surface area is 131 Å². The first-order valence-corrected chi connectivity index (χ1v) is 6.76. The molecule has 0 bridgehead atoms. The summed E-state index contributed by atoms with van der Waals surface area (Å²) in [4.78, 5) is 19.3. The van der Waals surface area contributed by atoms with Crippen molar-refractivity contribution in [1.29, 1.82) is 0 Å². The molecule has 0 atom stereocenters. The summed E-state index contributed by atoms with van der Waals surface area (Å²) in [6, 6.07) is 6.90. The fourth-order valence-electron chi connectivity index (χ4n) is 1.46. The smallest absolute Gasteiger partial charge is 0.228 e. The van der Waals surface area contributed by atoms with Crippen LogP contribution in [0.15, 0.2) is 30.6 Å². The first-order chi connectivity index (χ1) is 10.1. The van der Waals surface area contributed by atoms with Gasteiger partial charge in [0.05, 0.1) is 13.0 Å². The molecule has 1 aromatic carbocycles. The standard InChI is InChI=1S/C13H12Cl2N4O2/c14-11-12(15)17-7-18-13(11)19-10(20)5-6-21-9-3-1-8(16)2-4-9/h1-4,7H,5-6,16H2,(H,17,18,19,20). The maximum absolute atomic E-state index is 11.7. The van der Waals surface area contributed by atoms with Crippen LogP contribution in [0.2, 0.25) is 10.2 Å². The van der Waals surface area contributed by atoms with Gasteiger partial charge < -0.3 is 15.8 Å². The highest BCUT2D eigenvalue weighted by atomic mass is 35.5. The SMILES string of the molecule is Nc1ccc(OCCC(=O)Nc2ncnc(Cl)c2Cl)cc1. The van der Waals surface area contributed by atoms with Crippen molar-refractivity contribution in [3.63, 3.8) is 0 Å². The second kappa shape index (κ2) is 7.10. The highest BCUT2D eigenvalue weighted by Crippen LogP contribution is 2.25. The molecular formula is C13H12Cl2N4O2. The minimum absolute atomic E-state index is 0.0834. The number of hydrogen-bond acceptors (Lipinski definition) is 5. The molecular weight excluding hydrogens is 315 g/mol. The lowest BCUT2D eigenvalue weighted by molar-refractivity contribution is -0.116. The van der Waals surface area contributed by atoms with Crippen molar-refractivity contribution in [2.45, 2.75) is 6.42 Å². The summed E-state index contributed by atoms with van der Waals surface area (Å²) in [6.45, 7) is 0.214. The Balaban J connectivity index is 1.82. The number of anilines is 2. The molecule has 0 fully saturated rings. The van der Waals surface area contributed by atoms with Crippen molar-refractivity contribution in [1.82, 2.24) is 9.97 Å². The van der Waals surface area contributed by atoms with Gasteiger partial charge in [-0.25, -0.2) is 9.97 Å². The van der Waals surface area contributed by atoms with Crippen molar-refractivity contribution in [3.05, 3.63) is 40.8 Å². The number of rotatable bonds is 5. The average molecular weight is 327 g/mol. The molecule has 0 aliphatic carbocycles. The van der Waals surface area contributed by atoms with Gasteiger partial charge in [0.2, 0.25) is 5.91 Å². The van der Waals surface area contributed by atoms with Crippen molar-refractivity contribution in [3.8, 4) is 5.75 Å². The predicted octanol–water partition coefficient (Wildman–Crippen LogP) is 2.77. The summed E-state index contributed by atoms with van der Waals surface area (Å²) in [5.74, 6) is 0.524. The fourth-order valence-corrected chi connectivity index (χ4v) is 1.73. The predicted molar refractivity (Wildman–Crippen MR) is 81.6 cm³/mol. The highest BCUT2D eigenvalue weighted by Gasteiger charge is 2.10. The van der Waals surface area contributed by atoms with Gasteiger partial charge in [0.1, 0.15) is 17.1 Å². The van der Waals surface area contributed by atoms with Crippen LogP contribution in [-0.4, -0.2) is 22.5 Å². The van der Waals surface area contributed by atoms with Crippen molar-refractivity contribution in [2.24, 2.45) is 0 Å². The van der Waals surface area contributed by atoms with Gasteiger partial charge in [-0.05, 0) is 24.3 Å². The molecule has 0 aliphatic heterocycles. The van der Waals surface area contributed by atoms with E-state index in [1.807, 2.05) is 0 Å². The number of nitrogens with one attached hydrogen (secondary N) is 1. The van der Waals surface area contributed by atoms with E-state index in [4.69, 9.17) is 33.7 Å². The third-order valence-corrected chi connectivity index (χ3v) is 3.22. The van der Waals surface area contributed by atoms with Gasteiger partial charge in [-0.15, -0.1) is 0 Å². The number of halogens is 2. The van der Waals surface area contributed by atoms with Crippen LogP contribution in [-0.2, 0) is 4.79 Å². The number of benzene rings is 1. The number of carbonyl (C=O) groups is 1. The number of nitrogens with zero attached hydrogens (tertiary/aromatic N) is 2. The molecule has 21 heavy (non-hydrogen) atoms. The van der Waals surface area contributed by atoms with E-state index in [-0.39, 0.29) is 34.9 Å². The fraction of sp³-hybridized carbons (Fsp3) is 0.154. The summed E-state index contributed by atoms with van der Waals surface area (Å²) < 4.78 is 5.42. The minimum Gasteiger partial charge on any atom is -0.493 e. The molecule has 0 spiro atoms. The Morgan fingerprint density at radius 3 is 2.67 bits per heavy atom. The minimum atomic E-state index is -0.290. The summed E-state index contributed by atoms with van der Waals surface area (Å²) in [6.07, 6.45) is 1.36. The van der Waals surface area contributed by atoms with Crippen LogP contribution in [0, 0.1) is 0 Å². The van der Waals surface area contributed by atoms with E-state index in [0.717, 1.165) is 0 Å². The first kappa shape index (κ1) is 15.3.